The van der Waals surface area contributed by atoms with Crippen molar-refractivity contribution in [3.63, 3.8) is 0 Å². The van der Waals surface area contributed by atoms with Gasteiger partial charge in [0.25, 0.3) is 0 Å². The maximum absolute atomic E-state index is 5.94. The summed E-state index contributed by atoms with van der Waals surface area (Å²) in [7, 11) is 0. The number of pyridine rings is 1. The first-order chi connectivity index (χ1) is 11.9. The number of benzene rings is 1. The smallest absolute Gasteiger partial charge is 0.128 e. The highest BCUT2D eigenvalue weighted by molar-refractivity contribution is 5.43. The summed E-state index contributed by atoms with van der Waals surface area (Å²) in [4.78, 5) is 7.23. The van der Waals surface area contributed by atoms with Crippen LogP contribution >= 0.6 is 0 Å². The minimum Gasteiger partial charge on any atom is -0.493 e. The van der Waals surface area contributed by atoms with Crippen LogP contribution in [0.1, 0.15) is 42.5 Å². The second-order valence-electron chi connectivity index (χ2n) is 6.63. The van der Waals surface area contributed by atoms with E-state index in [2.05, 4.69) is 47.7 Å². The van der Waals surface area contributed by atoms with Crippen molar-refractivity contribution in [2.24, 2.45) is 0 Å². The van der Waals surface area contributed by atoms with Crippen LogP contribution in [0.3, 0.4) is 0 Å². The van der Waals surface area contributed by atoms with Crippen molar-refractivity contribution in [2.45, 2.75) is 38.5 Å². The average Bonchev–Trinajstić information content (AvgIpc) is 3.11. The van der Waals surface area contributed by atoms with Gasteiger partial charge in [0, 0.05) is 31.6 Å². The quantitative estimate of drug-likeness (QED) is 0.830. The Bertz CT molecular complexity index is 692. The highest BCUT2D eigenvalue weighted by Gasteiger charge is 2.13. The van der Waals surface area contributed by atoms with Crippen molar-refractivity contribution >= 4 is 5.82 Å². The van der Waals surface area contributed by atoms with Crippen LogP contribution in [0.5, 0.6) is 5.75 Å². The lowest BCUT2D eigenvalue weighted by Crippen LogP contribution is -2.30. The molecule has 3 nitrogen and oxygen atoms in total. The lowest BCUT2D eigenvalue weighted by molar-refractivity contribution is 0.320. The van der Waals surface area contributed by atoms with E-state index < -0.39 is 0 Å². The first kappa shape index (κ1) is 15.5. The normalized spacial score (nSPS) is 16.9. The number of piperidine rings is 1. The maximum Gasteiger partial charge on any atom is 0.128 e. The molecule has 0 unspecified atom stereocenters. The molecule has 0 spiro atoms. The summed E-state index contributed by atoms with van der Waals surface area (Å²) < 4.78 is 5.94. The van der Waals surface area contributed by atoms with Gasteiger partial charge in [-0.15, -0.1) is 0 Å². The van der Waals surface area contributed by atoms with Crippen LogP contribution < -0.4 is 9.64 Å². The van der Waals surface area contributed by atoms with E-state index in [1.165, 1.54) is 30.4 Å². The lowest BCUT2D eigenvalue weighted by Gasteiger charge is -2.27. The second kappa shape index (κ2) is 7.25. The summed E-state index contributed by atoms with van der Waals surface area (Å²) in [6.07, 6.45) is 10.3. The van der Waals surface area contributed by atoms with E-state index in [1.54, 1.807) is 0 Å². The summed E-state index contributed by atoms with van der Waals surface area (Å²) >= 11 is 0. The molecule has 0 bridgehead atoms. The summed E-state index contributed by atoms with van der Waals surface area (Å²) in [5, 5.41) is 0. The zero-order chi connectivity index (χ0) is 16.2. The molecular weight excluding hydrogens is 296 g/mol. The number of rotatable bonds is 5. The molecule has 2 aromatic rings. The molecule has 1 saturated heterocycles. The molecule has 124 valence electrons. The fourth-order valence-electron chi connectivity index (χ4n) is 3.55. The minimum absolute atomic E-state index is 0.669. The third-order valence-corrected chi connectivity index (χ3v) is 4.89. The maximum atomic E-state index is 5.94. The van der Waals surface area contributed by atoms with E-state index in [1.807, 2.05) is 0 Å². The molecule has 24 heavy (non-hydrogen) atoms. The molecule has 0 amide bonds. The predicted molar refractivity (Wildman–Crippen MR) is 96.6 cm³/mol. The molecule has 4 rings (SSSR count). The number of hydrogen-bond donors (Lipinski definition) is 0. The number of ether oxygens (including phenoxy) is 1. The van der Waals surface area contributed by atoms with E-state index in [9.17, 15) is 0 Å². The molecule has 1 aromatic carbocycles. The number of aryl methyl sites for hydroxylation is 1. The Morgan fingerprint density at radius 1 is 1.08 bits per heavy atom. The monoisotopic (exact) mass is 320 g/mol. The van der Waals surface area contributed by atoms with Gasteiger partial charge in [0.05, 0.1) is 6.61 Å². The number of nitrogens with zero attached hydrogens (tertiary/aromatic N) is 2. The molecule has 1 aliphatic heterocycles. The third kappa shape index (κ3) is 3.55. The van der Waals surface area contributed by atoms with Gasteiger partial charge in [-0.2, -0.15) is 0 Å². The number of anilines is 1. The molecule has 0 N–H and O–H groups in total. The Morgan fingerprint density at radius 2 is 2.00 bits per heavy atom. The number of aromatic nitrogens is 1. The molecule has 1 aliphatic carbocycles. The molecule has 2 radical (unpaired) electrons. The van der Waals surface area contributed by atoms with Crippen LogP contribution in [0.25, 0.3) is 0 Å². The Balaban J connectivity index is 1.34. The summed E-state index contributed by atoms with van der Waals surface area (Å²) in [5.41, 5.74) is 3.72. The van der Waals surface area contributed by atoms with Crippen LogP contribution in [-0.2, 0) is 12.8 Å². The molecule has 1 fully saturated rings. The fourth-order valence-corrected chi connectivity index (χ4v) is 3.55. The minimum atomic E-state index is 0.669. The highest BCUT2D eigenvalue weighted by Crippen LogP contribution is 2.27. The largest absolute Gasteiger partial charge is 0.493 e. The standard InChI is InChI=1S/C21H24N2O/c1-2-13-23(14-3-1)21-9-5-8-19(22-21)12-15-24-20-11-10-17-6-4-7-18(17)16-20/h5,8-11,16H,1-4,7,12-15H2. The molecule has 0 atom stereocenters. The van der Waals surface area contributed by atoms with Crippen LogP contribution in [-0.4, -0.2) is 24.7 Å². The van der Waals surface area contributed by atoms with Crippen molar-refractivity contribution in [1.29, 1.82) is 0 Å². The van der Waals surface area contributed by atoms with Crippen molar-refractivity contribution in [3.05, 3.63) is 59.6 Å². The van der Waals surface area contributed by atoms with Gasteiger partial charge in [-0.3, -0.25) is 0 Å². The molecule has 2 heterocycles. The first-order valence-electron chi connectivity index (χ1n) is 9.09. The number of hydrogen-bond acceptors (Lipinski definition) is 3. The molecule has 0 saturated carbocycles. The first-order valence-corrected chi connectivity index (χ1v) is 9.09. The average molecular weight is 320 g/mol. The molecule has 1 aromatic heterocycles. The highest BCUT2D eigenvalue weighted by atomic mass is 16.5. The lowest BCUT2D eigenvalue weighted by atomic mass is 10.1. The molecular formula is C21H24N2O. The molecule has 2 aliphatic rings. The van der Waals surface area contributed by atoms with Gasteiger partial charge >= 0.3 is 0 Å². The van der Waals surface area contributed by atoms with E-state index >= 15 is 0 Å². The van der Waals surface area contributed by atoms with Crippen LogP contribution in [0, 0.1) is 6.42 Å². The van der Waals surface area contributed by atoms with E-state index in [-0.39, 0.29) is 0 Å². The van der Waals surface area contributed by atoms with E-state index in [0.29, 0.717) is 6.61 Å². The second-order valence-corrected chi connectivity index (χ2v) is 6.63. The van der Waals surface area contributed by atoms with Crippen LogP contribution in [0.15, 0.2) is 36.4 Å². The van der Waals surface area contributed by atoms with Crippen molar-refractivity contribution in [3.8, 4) is 5.75 Å². The summed E-state index contributed by atoms with van der Waals surface area (Å²) in [5.74, 6) is 2.08. The van der Waals surface area contributed by atoms with Gasteiger partial charge in [-0.1, -0.05) is 12.1 Å². The van der Waals surface area contributed by atoms with Crippen molar-refractivity contribution in [1.82, 2.24) is 4.98 Å². The Morgan fingerprint density at radius 3 is 2.92 bits per heavy atom. The zero-order valence-electron chi connectivity index (χ0n) is 14.1. The number of fused-ring (bicyclic) bond motifs is 1. The van der Waals surface area contributed by atoms with E-state index in [0.717, 1.165) is 49.6 Å². The van der Waals surface area contributed by atoms with Gasteiger partial charge in [-0.05, 0) is 67.5 Å². The van der Waals surface area contributed by atoms with Crippen LogP contribution in [0.2, 0.25) is 0 Å². The Labute approximate surface area is 144 Å². The SMILES string of the molecule is [C]1CCc2cc(OCCc3cccc(N4CCCCC4)n3)ccc21. The predicted octanol–water partition coefficient (Wildman–Crippen LogP) is 4.07. The fraction of sp³-hybridized carbons (Fsp3) is 0.429. The third-order valence-electron chi connectivity index (χ3n) is 4.89. The van der Waals surface area contributed by atoms with E-state index in [4.69, 9.17) is 9.72 Å². The van der Waals surface area contributed by atoms with Gasteiger partial charge in [0.2, 0.25) is 0 Å². The van der Waals surface area contributed by atoms with Gasteiger partial charge in [0.15, 0.2) is 0 Å². The van der Waals surface area contributed by atoms with Gasteiger partial charge in [-0.25, -0.2) is 4.98 Å². The molecule has 3 heteroatoms. The summed E-state index contributed by atoms with van der Waals surface area (Å²) in [6, 6.07) is 12.7. The summed E-state index contributed by atoms with van der Waals surface area (Å²) in [6.45, 7) is 2.94. The van der Waals surface area contributed by atoms with Gasteiger partial charge in [0.1, 0.15) is 11.6 Å². The topological polar surface area (TPSA) is 25.4 Å². The van der Waals surface area contributed by atoms with Crippen molar-refractivity contribution < 1.29 is 4.74 Å². The Kier molecular flexibility index (Phi) is 4.68. The van der Waals surface area contributed by atoms with Crippen LogP contribution in [0.4, 0.5) is 5.82 Å². The van der Waals surface area contributed by atoms with Gasteiger partial charge < -0.3 is 9.64 Å². The van der Waals surface area contributed by atoms with Crippen molar-refractivity contribution in [2.75, 3.05) is 24.6 Å². The zero-order valence-corrected chi connectivity index (χ0v) is 14.1. The Hall–Kier alpha value is -2.03.